The van der Waals surface area contributed by atoms with Gasteiger partial charge in [0, 0.05) is 44.7 Å². The number of morpholine rings is 1. The zero-order valence-electron chi connectivity index (χ0n) is 20.6. The van der Waals surface area contributed by atoms with Crippen molar-refractivity contribution in [1.29, 1.82) is 0 Å². The highest BCUT2D eigenvalue weighted by Gasteiger charge is 2.41. The Labute approximate surface area is 216 Å². The van der Waals surface area contributed by atoms with Crippen LogP contribution in [0.3, 0.4) is 0 Å². The van der Waals surface area contributed by atoms with Crippen molar-refractivity contribution in [2.24, 2.45) is 0 Å². The molecule has 196 valence electrons. The number of aldehydes is 1. The summed E-state index contributed by atoms with van der Waals surface area (Å²) >= 11 is 0. The number of benzene rings is 2. The Morgan fingerprint density at radius 1 is 1.05 bits per heavy atom. The maximum Gasteiger partial charge on any atom is 0.345 e. The molecule has 2 heterocycles. The Balaban J connectivity index is 1.58. The Morgan fingerprint density at radius 2 is 1.73 bits per heavy atom. The topological polar surface area (TPSA) is 106 Å². The van der Waals surface area contributed by atoms with Crippen LogP contribution >= 0.6 is 0 Å². The van der Waals surface area contributed by atoms with Gasteiger partial charge in [0.15, 0.2) is 6.29 Å². The first-order valence-corrected chi connectivity index (χ1v) is 12.4. The molecule has 2 aliphatic heterocycles. The van der Waals surface area contributed by atoms with E-state index >= 15 is 0 Å². The van der Waals surface area contributed by atoms with E-state index in [1.54, 1.807) is 0 Å². The normalized spacial score (nSPS) is 21.9. The lowest BCUT2D eigenvalue weighted by Gasteiger charge is -2.34. The van der Waals surface area contributed by atoms with E-state index in [1.807, 2.05) is 65.6 Å². The van der Waals surface area contributed by atoms with E-state index in [0.717, 1.165) is 37.2 Å². The molecule has 3 unspecified atom stereocenters. The third kappa shape index (κ3) is 7.56. The van der Waals surface area contributed by atoms with E-state index in [-0.39, 0.29) is 18.4 Å². The Hall–Kier alpha value is -3.37. The first kappa shape index (κ1) is 26.7. The van der Waals surface area contributed by atoms with Crippen molar-refractivity contribution in [3.05, 3.63) is 83.4 Å². The zero-order valence-corrected chi connectivity index (χ0v) is 20.6. The van der Waals surface area contributed by atoms with Gasteiger partial charge in [-0.2, -0.15) is 0 Å². The quantitative estimate of drug-likeness (QED) is 0.161. The average molecular weight is 509 g/mol. The van der Waals surface area contributed by atoms with Gasteiger partial charge in [-0.3, -0.25) is 9.69 Å². The monoisotopic (exact) mass is 508 g/mol. The third-order valence-corrected chi connectivity index (χ3v) is 6.56. The summed E-state index contributed by atoms with van der Waals surface area (Å²) in [5.41, 5.74) is 1.56. The molecule has 2 aromatic carbocycles. The summed E-state index contributed by atoms with van der Waals surface area (Å²) in [6.45, 7) is 4.43. The summed E-state index contributed by atoms with van der Waals surface area (Å²) in [6, 6.07) is 19.7. The molecule has 1 N–H and O–H groups in total. The minimum absolute atomic E-state index is 0.134. The maximum atomic E-state index is 12.7. The number of esters is 1. The number of nitrogens with zero attached hydrogens (tertiary/aromatic N) is 2. The van der Waals surface area contributed by atoms with Gasteiger partial charge in [0.1, 0.15) is 5.57 Å². The Kier molecular flexibility index (Phi) is 9.56. The summed E-state index contributed by atoms with van der Waals surface area (Å²) in [5, 5.41) is 9.02. The highest BCUT2D eigenvalue weighted by atomic mass is 16.7. The first-order valence-electron chi connectivity index (χ1n) is 12.4. The van der Waals surface area contributed by atoms with Crippen LogP contribution in [0.15, 0.2) is 72.3 Å². The fourth-order valence-electron chi connectivity index (χ4n) is 4.73. The average Bonchev–Trinajstić information content (AvgIpc) is 3.30. The summed E-state index contributed by atoms with van der Waals surface area (Å²) < 4.78 is 17.3. The molecule has 0 spiro atoms. The molecule has 0 bridgehead atoms. The Bertz CT molecular complexity index is 1070. The fourth-order valence-corrected chi connectivity index (χ4v) is 4.73. The number of carboxylic acids is 1. The molecule has 0 radical (unpaired) electrons. The molecule has 9 nitrogen and oxygen atoms in total. The van der Waals surface area contributed by atoms with E-state index < -0.39 is 23.9 Å². The molecule has 0 aromatic heterocycles. The number of rotatable bonds is 11. The highest BCUT2D eigenvalue weighted by molar-refractivity contribution is 6.11. The number of carbonyl (C=O) groups excluding carboxylic acids is 2. The van der Waals surface area contributed by atoms with Crippen molar-refractivity contribution >= 4 is 18.2 Å². The van der Waals surface area contributed by atoms with Gasteiger partial charge in [0.2, 0.25) is 0 Å². The summed E-state index contributed by atoms with van der Waals surface area (Å²) in [4.78, 5) is 39.5. The molecule has 2 saturated heterocycles. The van der Waals surface area contributed by atoms with Gasteiger partial charge in [-0.15, -0.1) is 0 Å². The predicted octanol–water partition coefficient (Wildman–Crippen LogP) is 2.43. The van der Waals surface area contributed by atoms with Crippen molar-refractivity contribution < 1.29 is 33.7 Å². The number of hydrogen-bond acceptors (Lipinski definition) is 8. The molecule has 0 amide bonds. The van der Waals surface area contributed by atoms with E-state index in [9.17, 15) is 14.4 Å². The van der Waals surface area contributed by atoms with Crippen LogP contribution in [0.1, 0.15) is 23.6 Å². The highest BCUT2D eigenvalue weighted by Crippen LogP contribution is 2.33. The largest absolute Gasteiger partial charge is 0.478 e. The van der Waals surface area contributed by atoms with Crippen molar-refractivity contribution in [3.8, 4) is 0 Å². The van der Waals surface area contributed by atoms with Crippen LogP contribution in [-0.4, -0.2) is 85.0 Å². The number of hydrogen-bond donors (Lipinski definition) is 1. The molecule has 37 heavy (non-hydrogen) atoms. The molecule has 3 atom stereocenters. The van der Waals surface area contributed by atoms with Gasteiger partial charge in [-0.1, -0.05) is 60.7 Å². The zero-order chi connectivity index (χ0) is 26.0. The van der Waals surface area contributed by atoms with E-state index in [4.69, 9.17) is 19.3 Å². The lowest BCUT2D eigenvalue weighted by molar-refractivity contribution is -0.201. The van der Waals surface area contributed by atoms with Crippen molar-refractivity contribution in [2.45, 2.75) is 31.4 Å². The van der Waals surface area contributed by atoms with E-state index in [2.05, 4.69) is 4.90 Å². The molecule has 0 saturated carbocycles. The summed E-state index contributed by atoms with van der Waals surface area (Å²) in [5.74, 6) is -2.44. The second kappa shape index (κ2) is 13.3. The van der Waals surface area contributed by atoms with Gasteiger partial charge in [0.05, 0.1) is 19.3 Å². The smallest absolute Gasteiger partial charge is 0.345 e. The van der Waals surface area contributed by atoms with Crippen LogP contribution in [0.25, 0.3) is 0 Å². The second-order valence-electron chi connectivity index (χ2n) is 9.08. The van der Waals surface area contributed by atoms with Crippen LogP contribution in [0, 0.1) is 0 Å². The van der Waals surface area contributed by atoms with Gasteiger partial charge >= 0.3 is 11.9 Å². The van der Waals surface area contributed by atoms with E-state index in [1.165, 1.54) is 0 Å². The molecular formula is C28H32N2O7. The molecular weight excluding hydrogens is 476 g/mol. The minimum Gasteiger partial charge on any atom is -0.478 e. The fraction of sp³-hybridized carbons (Fsp3) is 0.393. The standard InChI is InChI=1S/C28H32N2O7/c31-20-23(18-26(32)33)27(34)37-28-30(19-24(36-28)17-21-7-3-1-4-8-21)25(22-9-5-2-6-10-22)11-12-29-13-15-35-16-14-29/h1-10,18,20,24-25,28H,11-17,19H2,(H,32,33)/b23-18+. The summed E-state index contributed by atoms with van der Waals surface area (Å²) in [6.07, 6.45) is 0.756. The third-order valence-electron chi connectivity index (χ3n) is 6.56. The molecule has 9 heteroatoms. The first-order chi connectivity index (χ1) is 18.0. The van der Waals surface area contributed by atoms with Crippen molar-refractivity contribution in [1.82, 2.24) is 9.80 Å². The molecule has 4 rings (SSSR count). The number of carboxylic acid groups (broad SMARTS) is 1. The SMILES string of the molecule is O=C/C(=C\C(=O)O)C(=O)OC1OC(Cc2ccccc2)CN1C(CCN1CCOCC1)c1ccccc1. The lowest BCUT2D eigenvalue weighted by Crippen LogP contribution is -2.41. The van der Waals surface area contributed by atoms with Crippen LogP contribution < -0.4 is 0 Å². The van der Waals surface area contributed by atoms with Crippen LogP contribution in [0.4, 0.5) is 0 Å². The van der Waals surface area contributed by atoms with Gasteiger partial charge in [-0.05, 0) is 17.5 Å². The van der Waals surface area contributed by atoms with Gasteiger partial charge in [0.25, 0.3) is 6.41 Å². The number of carbonyl (C=O) groups is 3. The van der Waals surface area contributed by atoms with Crippen LogP contribution in [0.5, 0.6) is 0 Å². The van der Waals surface area contributed by atoms with Crippen LogP contribution in [0.2, 0.25) is 0 Å². The Morgan fingerprint density at radius 3 is 2.38 bits per heavy atom. The van der Waals surface area contributed by atoms with Crippen LogP contribution in [-0.2, 0) is 35.0 Å². The van der Waals surface area contributed by atoms with Gasteiger partial charge in [-0.25, -0.2) is 14.5 Å². The minimum atomic E-state index is -1.40. The second-order valence-corrected chi connectivity index (χ2v) is 9.08. The predicted molar refractivity (Wildman–Crippen MR) is 134 cm³/mol. The lowest BCUT2D eigenvalue weighted by atomic mass is 10.0. The number of aliphatic carboxylic acids is 1. The number of ether oxygens (including phenoxy) is 3. The van der Waals surface area contributed by atoms with Crippen molar-refractivity contribution in [2.75, 3.05) is 39.4 Å². The molecule has 2 aromatic rings. The molecule has 2 aliphatic rings. The maximum absolute atomic E-state index is 12.7. The van der Waals surface area contributed by atoms with Gasteiger partial charge < -0.3 is 19.3 Å². The molecule has 2 fully saturated rings. The molecule has 0 aliphatic carbocycles. The van der Waals surface area contributed by atoms with E-state index in [0.29, 0.717) is 32.3 Å². The van der Waals surface area contributed by atoms with Crippen molar-refractivity contribution in [3.63, 3.8) is 0 Å². The summed E-state index contributed by atoms with van der Waals surface area (Å²) in [7, 11) is 0.